The van der Waals surface area contributed by atoms with Crippen molar-refractivity contribution in [3.05, 3.63) is 64.2 Å². The fourth-order valence-electron chi connectivity index (χ4n) is 3.04. The van der Waals surface area contributed by atoms with Crippen LogP contribution in [0.25, 0.3) is 4.85 Å². The topological polar surface area (TPSA) is 115 Å². The zero-order valence-electron chi connectivity index (χ0n) is 15.3. The van der Waals surface area contributed by atoms with Crippen LogP contribution in [-0.2, 0) is 10.0 Å². The minimum atomic E-state index is -4.19. The normalized spacial score (nSPS) is 21.7. The number of β-amino-alcohol motifs (C(OH)–C–C–N with tert-alkyl or cyclic N) is 1. The highest BCUT2D eigenvalue weighted by Gasteiger charge is 2.51. The molecule has 1 heterocycles. The maximum absolute atomic E-state index is 13.8. The summed E-state index contributed by atoms with van der Waals surface area (Å²) in [5, 5.41) is 29.1. The smallest absolute Gasteiger partial charge is 0.244 e. The Morgan fingerprint density at radius 3 is 2.70 bits per heavy atom. The van der Waals surface area contributed by atoms with Gasteiger partial charge in [0, 0.05) is 12.6 Å². The van der Waals surface area contributed by atoms with Gasteiger partial charge in [-0.2, -0.15) is 9.57 Å². The molecule has 0 spiro atoms. The van der Waals surface area contributed by atoms with Gasteiger partial charge in [-0.15, -0.1) is 0 Å². The van der Waals surface area contributed by atoms with Gasteiger partial charge < -0.3 is 14.9 Å². The third-order valence-electron chi connectivity index (χ3n) is 4.69. The van der Waals surface area contributed by atoms with Crippen molar-refractivity contribution in [2.24, 2.45) is 0 Å². The van der Waals surface area contributed by atoms with E-state index >= 15 is 0 Å². The van der Waals surface area contributed by atoms with Crippen LogP contribution in [-0.4, -0.2) is 54.3 Å². The zero-order valence-corrected chi connectivity index (χ0v) is 16.9. The molecule has 1 aliphatic rings. The summed E-state index contributed by atoms with van der Waals surface area (Å²) in [7, 11) is -4.19. The Balaban J connectivity index is 1.90. The highest BCUT2D eigenvalue weighted by molar-refractivity contribution is 7.89. The monoisotopic (exact) mass is 451 g/mol. The number of aliphatic hydroxyl groups excluding tert-OH is 1. The molecule has 2 N–H and O–H groups in total. The van der Waals surface area contributed by atoms with Crippen molar-refractivity contribution < 1.29 is 27.8 Å². The fraction of sp³-hybridized carbons (Fsp3) is 0.263. The first-order valence-corrected chi connectivity index (χ1v) is 10.3. The molecule has 0 radical (unpaired) electrons. The highest BCUT2D eigenvalue weighted by Crippen LogP contribution is 2.34. The van der Waals surface area contributed by atoms with Gasteiger partial charge in [0.05, 0.1) is 36.4 Å². The molecule has 2 aromatic carbocycles. The average molecular weight is 452 g/mol. The van der Waals surface area contributed by atoms with Crippen molar-refractivity contribution in [1.82, 2.24) is 4.31 Å². The molecule has 8 nitrogen and oxygen atoms in total. The predicted molar refractivity (Wildman–Crippen MR) is 104 cm³/mol. The molecule has 0 amide bonds. The molecule has 0 aliphatic carbocycles. The summed E-state index contributed by atoms with van der Waals surface area (Å²) in [5.41, 5.74) is -2.00. The third-order valence-corrected chi connectivity index (χ3v) is 6.98. The van der Waals surface area contributed by atoms with E-state index < -0.39 is 40.7 Å². The van der Waals surface area contributed by atoms with Crippen LogP contribution >= 0.6 is 11.6 Å². The molecule has 11 heteroatoms. The van der Waals surface area contributed by atoms with Crippen LogP contribution in [0.2, 0.25) is 5.02 Å². The lowest BCUT2D eigenvalue weighted by molar-refractivity contribution is -0.0641. The molecule has 3 rings (SSSR count). The van der Waals surface area contributed by atoms with Crippen LogP contribution in [0.15, 0.2) is 41.3 Å². The lowest BCUT2D eigenvalue weighted by atomic mass is 10.0. The number of nitriles is 1. The van der Waals surface area contributed by atoms with Crippen LogP contribution in [0.4, 0.5) is 10.1 Å². The number of benzene rings is 2. The Bertz CT molecular complexity index is 1180. The minimum Gasteiger partial charge on any atom is -0.486 e. The number of halogens is 2. The van der Waals surface area contributed by atoms with Crippen molar-refractivity contribution in [1.29, 1.82) is 5.26 Å². The molecule has 2 atom stereocenters. The molecule has 1 aliphatic heterocycles. The fourth-order valence-corrected chi connectivity index (χ4v) is 5.06. The van der Waals surface area contributed by atoms with Crippen molar-refractivity contribution in [2.45, 2.75) is 16.6 Å². The Hall–Kier alpha value is -2.73. The predicted octanol–water partition coefficient (Wildman–Crippen LogP) is 2.08. The second-order valence-corrected chi connectivity index (χ2v) is 8.96. The van der Waals surface area contributed by atoms with Crippen LogP contribution in [0.1, 0.15) is 5.56 Å². The Morgan fingerprint density at radius 2 is 2.13 bits per heavy atom. The molecule has 1 saturated heterocycles. The summed E-state index contributed by atoms with van der Waals surface area (Å²) < 4.78 is 46.3. The van der Waals surface area contributed by atoms with Crippen LogP contribution in [0, 0.1) is 23.7 Å². The molecule has 0 saturated carbocycles. The SMILES string of the molecule is [C-]#[N+]c1ccc(O[C@H]2CN(S(=O)(=O)c3ccc(C#N)cc3Cl)C[C@]2(O)CO)cc1F. The van der Waals surface area contributed by atoms with Gasteiger partial charge in [0.25, 0.3) is 0 Å². The van der Waals surface area contributed by atoms with Crippen molar-refractivity contribution in [3.63, 3.8) is 0 Å². The van der Waals surface area contributed by atoms with Gasteiger partial charge in [-0.1, -0.05) is 11.6 Å². The molecule has 156 valence electrons. The van der Waals surface area contributed by atoms with E-state index in [9.17, 15) is 23.0 Å². The van der Waals surface area contributed by atoms with E-state index in [4.69, 9.17) is 28.2 Å². The van der Waals surface area contributed by atoms with E-state index in [1.165, 1.54) is 30.3 Å². The maximum atomic E-state index is 13.8. The number of aliphatic hydroxyl groups is 2. The van der Waals surface area contributed by atoms with Crippen LogP contribution in [0.5, 0.6) is 5.75 Å². The average Bonchev–Trinajstić information content (AvgIpc) is 3.05. The molecule has 0 bridgehead atoms. The Labute approximate surface area is 177 Å². The quantitative estimate of drug-likeness (QED) is 0.672. The Kier molecular flexibility index (Phi) is 5.99. The summed E-state index contributed by atoms with van der Waals surface area (Å²) >= 11 is 6.02. The van der Waals surface area contributed by atoms with E-state index in [2.05, 4.69) is 4.85 Å². The highest BCUT2D eigenvalue weighted by atomic mass is 35.5. The molecular formula is C19H15ClFN3O5S. The second kappa shape index (κ2) is 8.19. The molecule has 0 aromatic heterocycles. The second-order valence-electron chi connectivity index (χ2n) is 6.65. The molecule has 2 aromatic rings. The summed E-state index contributed by atoms with van der Waals surface area (Å²) in [6.45, 7) is 5.21. The van der Waals surface area contributed by atoms with Gasteiger partial charge in [0.1, 0.15) is 28.2 Å². The van der Waals surface area contributed by atoms with Gasteiger partial charge >= 0.3 is 0 Å². The number of hydrogen-bond donors (Lipinski definition) is 2. The minimum absolute atomic E-state index is 0.0348. The number of rotatable bonds is 5. The standard InChI is InChI=1S/C19H15ClFN3O5S/c1-23-16-4-3-13(7-15(16)21)29-18-9-24(10-19(18,26)11-25)30(27,28)17-5-2-12(8-22)6-14(17)20/h2-7,18,25-26H,9-11H2/t18-,19-/m0/s1. The zero-order chi connectivity index (χ0) is 22.1. The number of sulfonamides is 1. The lowest BCUT2D eigenvalue weighted by Crippen LogP contribution is -2.48. The van der Waals surface area contributed by atoms with Crippen molar-refractivity contribution in [3.8, 4) is 11.8 Å². The molecule has 1 fully saturated rings. The number of hydrogen-bond acceptors (Lipinski definition) is 6. The summed E-state index contributed by atoms with van der Waals surface area (Å²) in [6.07, 6.45) is -1.22. The van der Waals surface area contributed by atoms with E-state index in [-0.39, 0.29) is 33.5 Å². The first-order valence-electron chi connectivity index (χ1n) is 8.51. The van der Waals surface area contributed by atoms with E-state index in [1.54, 1.807) is 0 Å². The summed E-state index contributed by atoms with van der Waals surface area (Å²) in [4.78, 5) is 2.73. The first kappa shape index (κ1) is 22.0. The summed E-state index contributed by atoms with van der Waals surface area (Å²) in [6, 6.07) is 8.98. The number of nitrogens with zero attached hydrogens (tertiary/aromatic N) is 3. The van der Waals surface area contributed by atoms with Gasteiger partial charge in [-0.3, -0.25) is 0 Å². The van der Waals surface area contributed by atoms with Gasteiger partial charge in [0.2, 0.25) is 15.7 Å². The maximum Gasteiger partial charge on any atom is 0.244 e. The molecular weight excluding hydrogens is 437 g/mol. The van der Waals surface area contributed by atoms with Gasteiger partial charge in [-0.25, -0.2) is 17.7 Å². The number of ether oxygens (including phenoxy) is 1. The Morgan fingerprint density at radius 1 is 1.40 bits per heavy atom. The summed E-state index contributed by atoms with van der Waals surface area (Å²) in [5.74, 6) is -0.866. The van der Waals surface area contributed by atoms with Crippen LogP contribution < -0.4 is 4.74 Å². The van der Waals surface area contributed by atoms with Crippen molar-refractivity contribution >= 4 is 27.3 Å². The van der Waals surface area contributed by atoms with Gasteiger partial charge in [-0.05, 0) is 30.3 Å². The van der Waals surface area contributed by atoms with Crippen molar-refractivity contribution in [2.75, 3.05) is 19.7 Å². The van der Waals surface area contributed by atoms with E-state index in [1.807, 2.05) is 6.07 Å². The molecule has 0 unspecified atom stereocenters. The molecule has 30 heavy (non-hydrogen) atoms. The largest absolute Gasteiger partial charge is 0.486 e. The lowest BCUT2D eigenvalue weighted by Gasteiger charge is -2.27. The third kappa shape index (κ3) is 3.97. The van der Waals surface area contributed by atoms with E-state index in [0.717, 1.165) is 10.4 Å². The van der Waals surface area contributed by atoms with E-state index in [0.29, 0.717) is 0 Å². The van der Waals surface area contributed by atoms with Gasteiger partial charge in [0.15, 0.2) is 0 Å². The first-order chi connectivity index (χ1) is 14.1. The van der Waals surface area contributed by atoms with Crippen LogP contribution in [0.3, 0.4) is 0 Å².